The van der Waals surface area contributed by atoms with Crippen molar-refractivity contribution in [3.8, 4) is 5.75 Å². The lowest BCUT2D eigenvalue weighted by Gasteiger charge is -2.56. The fraction of sp³-hybridized carbons (Fsp3) is 0.562. The van der Waals surface area contributed by atoms with Crippen molar-refractivity contribution < 1.29 is 19.4 Å². The smallest absolute Gasteiger partial charge is 0.312 e. The number of amides is 1. The highest BCUT2D eigenvalue weighted by atomic mass is 16.5. The zero-order valence-electron chi connectivity index (χ0n) is 22.6. The van der Waals surface area contributed by atoms with E-state index in [0.717, 1.165) is 37.7 Å². The summed E-state index contributed by atoms with van der Waals surface area (Å²) in [5.74, 6) is 0.649. The summed E-state index contributed by atoms with van der Waals surface area (Å²) in [6, 6.07) is 15.9. The van der Waals surface area contributed by atoms with Crippen LogP contribution in [0.1, 0.15) is 76.0 Å². The second-order valence-electron chi connectivity index (χ2n) is 12.1. The molecule has 0 bridgehead atoms. The van der Waals surface area contributed by atoms with Crippen LogP contribution in [0.25, 0.3) is 0 Å². The van der Waals surface area contributed by atoms with Crippen molar-refractivity contribution in [1.29, 1.82) is 0 Å². The normalized spacial score (nSPS) is 28.6. The van der Waals surface area contributed by atoms with Crippen molar-refractivity contribution in [3.05, 3.63) is 65.2 Å². The molecule has 198 valence electrons. The molecule has 5 nitrogen and oxygen atoms in total. The van der Waals surface area contributed by atoms with Crippen LogP contribution in [0, 0.1) is 16.7 Å². The standard InChI is InChI=1S/C32H41NO4/c1-4-37-29(36)32(22-23-9-6-5-7-10-23)17-19-33(20-18-32)28(35)31(3)16-8-15-30(2)26-21-25(34)13-11-24(26)12-14-27(30)31/h5-7,9-11,13,21,27,34H,4,8,12,14-20,22H2,1-3H3/t27-,30-,31-/m1/s1. The summed E-state index contributed by atoms with van der Waals surface area (Å²) < 4.78 is 5.55. The van der Waals surface area contributed by atoms with Crippen LogP contribution in [0.2, 0.25) is 0 Å². The lowest BCUT2D eigenvalue weighted by atomic mass is 9.49. The molecule has 3 aliphatic rings. The lowest BCUT2D eigenvalue weighted by Crippen LogP contribution is -2.58. The molecule has 0 spiro atoms. The highest BCUT2D eigenvalue weighted by Gasteiger charge is 2.56. The molecule has 0 unspecified atom stereocenters. The Bertz CT molecular complexity index is 1150. The summed E-state index contributed by atoms with van der Waals surface area (Å²) >= 11 is 0. The van der Waals surface area contributed by atoms with Gasteiger partial charge < -0.3 is 14.7 Å². The molecule has 2 aromatic rings. The first kappa shape index (κ1) is 25.8. The van der Waals surface area contributed by atoms with Gasteiger partial charge in [-0.3, -0.25) is 9.59 Å². The summed E-state index contributed by atoms with van der Waals surface area (Å²) in [6.45, 7) is 7.88. The molecule has 37 heavy (non-hydrogen) atoms. The minimum absolute atomic E-state index is 0.118. The monoisotopic (exact) mass is 503 g/mol. The second kappa shape index (κ2) is 9.81. The fourth-order valence-electron chi connectivity index (χ4n) is 7.93. The van der Waals surface area contributed by atoms with Gasteiger partial charge in [-0.05, 0) is 92.0 Å². The van der Waals surface area contributed by atoms with E-state index in [0.29, 0.717) is 44.7 Å². The van der Waals surface area contributed by atoms with Crippen LogP contribution in [0.4, 0.5) is 0 Å². The molecule has 0 radical (unpaired) electrons. The van der Waals surface area contributed by atoms with E-state index in [1.807, 2.05) is 36.1 Å². The third-order valence-corrected chi connectivity index (χ3v) is 9.93. The maximum atomic E-state index is 14.3. The van der Waals surface area contributed by atoms with Gasteiger partial charge in [0.25, 0.3) is 0 Å². The van der Waals surface area contributed by atoms with Crippen molar-refractivity contribution in [1.82, 2.24) is 4.90 Å². The molecule has 1 N–H and O–H groups in total. The number of phenols is 1. The van der Waals surface area contributed by atoms with Gasteiger partial charge in [-0.15, -0.1) is 0 Å². The Hall–Kier alpha value is -2.82. The van der Waals surface area contributed by atoms with Gasteiger partial charge in [0, 0.05) is 13.1 Å². The first-order chi connectivity index (χ1) is 17.7. The van der Waals surface area contributed by atoms with Gasteiger partial charge in [-0.25, -0.2) is 0 Å². The van der Waals surface area contributed by atoms with Gasteiger partial charge in [-0.2, -0.15) is 0 Å². The molecule has 2 fully saturated rings. The Morgan fingerprint density at radius 3 is 2.46 bits per heavy atom. The number of aryl methyl sites for hydroxylation is 1. The molecule has 1 aliphatic heterocycles. The third-order valence-electron chi connectivity index (χ3n) is 9.93. The summed E-state index contributed by atoms with van der Waals surface area (Å²) in [7, 11) is 0. The van der Waals surface area contributed by atoms with Crippen LogP contribution >= 0.6 is 0 Å². The first-order valence-corrected chi connectivity index (χ1v) is 14.0. The van der Waals surface area contributed by atoms with Crippen molar-refractivity contribution >= 4 is 11.9 Å². The van der Waals surface area contributed by atoms with Gasteiger partial charge in [0.05, 0.1) is 17.4 Å². The highest BCUT2D eigenvalue weighted by Crippen LogP contribution is 2.58. The van der Waals surface area contributed by atoms with Crippen LogP contribution < -0.4 is 0 Å². The van der Waals surface area contributed by atoms with Crippen LogP contribution in [0.3, 0.4) is 0 Å². The van der Waals surface area contributed by atoms with Crippen LogP contribution in [0.15, 0.2) is 48.5 Å². The number of likely N-dealkylation sites (tertiary alicyclic amines) is 1. The van der Waals surface area contributed by atoms with E-state index in [2.05, 4.69) is 32.0 Å². The van der Waals surface area contributed by atoms with Gasteiger partial charge >= 0.3 is 5.97 Å². The number of rotatable bonds is 5. The molecule has 1 heterocycles. The van der Waals surface area contributed by atoms with E-state index in [1.165, 1.54) is 11.1 Å². The number of esters is 1. The van der Waals surface area contributed by atoms with Crippen molar-refractivity contribution in [3.63, 3.8) is 0 Å². The number of benzene rings is 2. The van der Waals surface area contributed by atoms with E-state index in [1.54, 1.807) is 6.07 Å². The predicted octanol–water partition coefficient (Wildman–Crippen LogP) is 5.82. The molecular weight excluding hydrogens is 462 g/mol. The van der Waals surface area contributed by atoms with Crippen molar-refractivity contribution in [2.45, 2.75) is 77.6 Å². The first-order valence-electron chi connectivity index (χ1n) is 14.0. The number of hydrogen-bond acceptors (Lipinski definition) is 4. The topological polar surface area (TPSA) is 66.8 Å². The molecule has 0 aromatic heterocycles. The molecular formula is C32H41NO4. The van der Waals surface area contributed by atoms with E-state index < -0.39 is 10.8 Å². The molecule has 1 saturated heterocycles. The van der Waals surface area contributed by atoms with Crippen molar-refractivity contribution in [2.24, 2.45) is 16.7 Å². The fourth-order valence-corrected chi connectivity index (χ4v) is 7.93. The largest absolute Gasteiger partial charge is 0.508 e. The number of aromatic hydroxyl groups is 1. The number of phenolic OH excluding ortho intramolecular Hbond substituents is 1. The molecule has 5 heteroatoms. The zero-order chi connectivity index (χ0) is 26.3. The van der Waals surface area contributed by atoms with Gasteiger partial charge in [0.2, 0.25) is 5.91 Å². The van der Waals surface area contributed by atoms with E-state index in [4.69, 9.17) is 4.74 Å². The number of nitrogens with zero attached hydrogens (tertiary/aromatic N) is 1. The summed E-state index contributed by atoms with van der Waals surface area (Å²) in [5, 5.41) is 10.3. The Morgan fingerprint density at radius 2 is 1.76 bits per heavy atom. The van der Waals surface area contributed by atoms with Crippen LogP contribution in [-0.4, -0.2) is 41.6 Å². The SMILES string of the molecule is CCOC(=O)C1(Cc2ccccc2)CCN(C(=O)[C@]2(C)CCC[C@]3(C)c4cc(O)ccc4CC[C@@H]23)CC1. The molecule has 2 aromatic carbocycles. The molecule has 1 saturated carbocycles. The number of piperidine rings is 1. The molecule has 2 aliphatic carbocycles. The highest BCUT2D eigenvalue weighted by molar-refractivity contribution is 5.84. The average molecular weight is 504 g/mol. The van der Waals surface area contributed by atoms with E-state index >= 15 is 0 Å². The van der Waals surface area contributed by atoms with Gasteiger partial charge in [0.1, 0.15) is 5.75 Å². The Morgan fingerprint density at radius 1 is 1.03 bits per heavy atom. The second-order valence-corrected chi connectivity index (χ2v) is 12.1. The quantitative estimate of drug-likeness (QED) is 0.523. The number of carbonyl (C=O) groups is 2. The molecule has 3 atom stereocenters. The minimum Gasteiger partial charge on any atom is -0.508 e. The number of fused-ring (bicyclic) bond motifs is 3. The van der Waals surface area contributed by atoms with Gasteiger partial charge in [0.15, 0.2) is 0 Å². The minimum atomic E-state index is -0.586. The Kier molecular flexibility index (Phi) is 6.84. The van der Waals surface area contributed by atoms with E-state index in [-0.39, 0.29) is 23.2 Å². The number of ether oxygens (including phenoxy) is 1. The third kappa shape index (κ3) is 4.45. The maximum Gasteiger partial charge on any atom is 0.312 e. The zero-order valence-corrected chi connectivity index (χ0v) is 22.6. The summed E-state index contributed by atoms with van der Waals surface area (Å²) in [4.78, 5) is 29.5. The van der Waals surface area contributed by atoms with E-state index in [9.17, 15) is 14.7 Å². The Balaban J connectivity index is 1.37. The number of carbonyl (C=O) groups excluding carboxylic acids is 2. The lowest BCUT2D eigenvalue weighted by molar-refractivity contribution is -0.164. The predicted molar refractivity (Wildman–Crippen MR) is 144 cm³/mol. The van der Waals surface area contributed by atoms with Gasteiger partial charge in [-0.1, -0.05) is 56.7 Å². The Labute approximate surface area is 221 Å². The van der Waals surface area contributed by atoms with Crippen LogP contribution in [0.5, 0.6) is 5.75 Å². The summed E-state index contributed by atoms with van der Waals surface area (Å²) in [6.07, 6.45) is 6.77. The average Bonchev–Trinajstić information content (AvgIpc) is 2.89. The van der Waals surface area contributed by atoms with Crippen molar-refractivity contribution in [2.75, 3.05) is 19.7 Å². The molecule has 5 rings (SSSR count). The summed E-state index contributed by atoms with van der Waals surface area (Å²) in [5.41, 5.74) is 2.52. The van der Waals surface area contributed by atoms with Crippen LogP contribution in [-0.2, 0) is 32.6 Å². The maximum absolute atomic E-state index is 14.3. The number of hydrogen-bond donors (Lipinski definition) is 1. The molecule has 1 amide bonds.